The summed E-state index contributed by atoms with van der Waals surface area (Å²) in [6.07, 6.45) is 3.06. The second-order valence-corrected chi connectivity index (χ2v) is 3.69. The lowest BCUT2D eigenvalue weighted by Gasteiger charge is -2.12. The van der Waals surface area contributed by atoms with Crippen LogP contribution in [0.5, 0.6) is 5.75 Å². The number of rotatable bonds is 6. The molecular weight excluding hydrogens is 228 g/mol. The Morgan fingerprint density at radius 2 is 2.00 bits per heavy atom. The SMILES string of the molecule is C=CCC(CC)=C(Oc1ccccc1)C(=O)OC. The number of allylic oxidation sites excluding steroid dienone is 2. The van der Waals surface area contributed by atoms with Crippen LogP contribution in [-0.2, 0) is 9.53 Å². The maximum absolute atomic E-state index is 11.8. The van der Waals surface area contributed by atoms with E-state index in [1.165, 1.54) is 7.11 Å². The standard InChI is InChI=1S/C15H18O3/c1-4-9-12(5-2)14(15(16)17-3)18-13-10-7-6-8-11-13/h4,6-8,10-11H,1,5,9H2,2-3H3. The average Bonchev–Trinajstić information content (AvgIpc) is 2.43. The van der Waals surface area contributed by atoms with Crippen LogP contribution in [0.2, 0.25) is 0 Å². The molecule has 3 nitrogen and oxygen atoms in total. The van der Waals surface area contributed by atoms with Crippen molar-refractivity contribution in [3.8, 4) is 5.75 Å². The molecule has 0 aliphatic carbocycles. The third kappa shape index (κ3) is 3.77. The maximum atomic E-state index is 11.8. The zero-order chi connectivity index (χ0) is 13.4. The third-order valence-electron chi connectivity index (χ3n) is 2.47. The van der Waals surface area contributed by atoms with E-state index in [0.29, 0.717) is 18.6 Å². The summed E-state index contributed by atoms with van der Waals surface area (Å²) in [4.78, 5) is 11.8. The highest BCUT2D eigenvalue weighted by Gasteiger charge is 2.17. The minimum Gasteiger partial charge on any atom is -0.463 e. The molecular formula is C15H18O3. The smallest absolute Gasteiger partial charge is 0.373 e. The van der Waals surface area contributed by atoms with Crippen LogP contribution in [0, 0.1) is 0 Å². The van der Waals surface area contributed by atoms with E-state index in [-0.39, 0.29) is 5.76 Å². The van der Waals surface area contributed by atoms with Gasteiger partial charge < -0.3 is 9.47 Å². The Labute approximate surface area is 108 Å². The first-order chi connectivity index (χ1) is 8.72. The molecule has 0 aromatic heterocycles. The first kappa shape index (κ1) is 14.0. The fraction of sp³-hybridized carbons (Fsp3) is 0.267. The summed E-state index contributed by atoms with van der Waals surface area (Å²) in [5.41, 5.74) is 0.876. The summed E-state index contributed by atoms with van der Waals surface area (Å²) >= 11 is 0. The summed E-state index contributed by atoms with van der Waals surface area (Å²) in [7, 11) is 1.35. The summed E-state index contributed by atoms with van der Waals surface area (Å²) in [5, 5.41) is 0. The second-order valence-electron chi connectivity index (χ2n) is 3.69. The van der Waals surface area contributed by atoms with Crippen LogP contribution in [0.3, 0.4) is 0 Å². The van der Waals surface area contributed by atoms with Crippen molar-refractivity contribution in [2.75, 3.05) is 7.11 Å². The molecule has 0 fully saturated rings. The van der Waals surface area contributed by atoms with Crippen molar-refractivity contribution < 1.29 is 14.3 Å². The molecule has 0 bridgehead atoms. The Bertz CT molecular complexity index is 432. The van der Waals surface area contributed by atoms with Crippen LogP contribution in [0.1, 0.15) is 19.8 Å². The molecule has 0 atom stereocenters. The summed E-state index contributed by atoms with van der Waals surface area (Å²) in [5.74, 6) is 0.413. The Morgan fingerprint density at radius 3 is 2.50 bits per heavy atom. The van der Waals surface area contributed by atoms with Gasteiger partial charge in [0.2, 0.25) is 5.76 Å². The molecule has 1 aromatic rings. The van der Waals surface area contributed by atoms with E-state index < -0.39 is 5.97 Å². The van der Waals surface area contributed by atoms with Crippen molar-refractivity contribution in [3.63, 3.8) is 0 Å². The quantitative estimate of drug-likeness (QED) is 0.333. The molecule has 96 valence electrons. The third-order valence-corrected chi connectivity index (χ3v) is 2.47. The first-order valence-corrected chi connectivity index (χ1v) is 5.87. The van der Waals surface area contributed by atoms with E-state index in [0.717, 1.165) is 5.57 Å². The molecule has 0 heterocycles. The zero-order valence-corrected chi connectivity index (χ0v) is 10.8. The van der Waals surface area contributed by atoms with E-state index in [1.807, 2.05) is 25.1 Å². The Hall–Kier alpha value is -2.03. The molecule has 0 radical (unpaired) electrons. The van der Waals surface area contributed by atoms with Gasteiger partial charge in [0.25, 0.3) is 0 Å². The van der Waals surface area contributed by atoms with Crippen molar-refractivity contribution in [1.82, 2.24) is 0 Å². The molecule has 0 amide bonds. The average molecular weight is 246 g/mol. The number of carbonyl (C=O) groups is 1. The Morgan fingerprint density at radius 1 is 1.33 bits per heavy atom. The van der Waals surface area contributed by atoms with Gasteiger partial charge in [0.1, 0.15) is 5.75 Å². The molecule has 18 heavy (non-hydrogen) atoms. The van der Waals surface area contributed by atoms with E-state index in [4.69, 9.17) is 9.47 Å². The fourth-order valence-corrected chi connectivity index (χ4v) is 1.53. The predicted octanol–water partition coefficient (Wildman–Crippen LogP) is 3.48. The summed E-state index contributed by atoms with van der Waals surface area (Å²) < 4.78 is 10.4. The van der Waals surface area contributed by atoms with Crippen molar-refractivity contribution >= 4 is 5.97 Å². The Balaban J connectivity index is 3.05. The number of methoxy groups -OCH3 is 1. The molecule has 0 saturated heterocycles. The number of carbonyl (C=O) groups excluding carboxylic acids is 1. The Kier molecular flexibility index (Phi) is 5.71. The normalized spacial score (nSPS) is 11.4. The van der Waals surface area contributed by atoms with Crippen molar-refractivity contribution in [2.45, 2.75) is 19.8 Å². The molecule has 1 aromatic carbocycles. The van der Waals surface area contributed by atoms with E-state index >= 15 is 0 Å². The van der Waals surface area contributed by atoms with Crippen LogP contribution in [0.4, 0.5) is 0 Å². The lowest BCUT2D eigenvalue weighted by atomic mass is 10.1. The van der Waals surface area contributed by atoms with Crippen molar-refractivity contribution in [3.05, 3.63) is 54.3 Å². The summed E-state index contributed by atoms with van der Waals surface area (Å²) in [6, 6.07) is 9.18. The highest BCUT2D eigenvalue weighted by molar-refractivity contribution is 5.87. The monoisotopic (exact) mass is 246 g/mol. The van der Waals surface area contributed by atoms with E-state index in [1.54, 1.807) is 18.2 Å². The van der Waals surface area contributed by atoms with E-state index in [2.05, 4.69) is 6.58 Å². The molecule has 0 saturated carbocycles. The maximum Gasteiger partial charge on any atom is 0.373 e. The minimum absolute atomic E-state index is 0.256. The number of esters is 1. The van der Waals surface area contributed by atoms with Gasteiger partial charge in [-0.15, -0.1) is 6.58 Å². The highest BCUT2D eigenvalue weighted by Crippen LogP contribution is 2.20. The highest BCUT2D eigenvalue weighted by atomic mass is 16.6. The molecule has 0 aliphatic heterocycles. The molecule has 0 N–H and O–H groups in total. The van der Waals surface area contributed by atoms with Gasteiger partial charge in [0.15, 0.2) is 0 Å². The van der Waals surface area contributed by atoms with Gasteiger partial charge in [-0.1, -0.05) is 31.2 Å². The van der Waals surface area contributed by atoms with Gasteiger partial charge in [-0.05, 0) is 30.5 Å². The molecule has 0 spiro atoms. The predicted molar refractivity (Wildman–Crippen MR) is 71.2 cm³/mol. The molecule has 0 unspecified atom stereocenters. The van der Waals surface area contributed by atoms with Crippen LogP contribution in [0.15, 0.2) is 54.3 Å². The zero-order valence-electron chi connectivity index (χ0n) is 10.8. The van der Waals surface area contributed by atoms with Crippen LogP contribution < -0.4 is 4.74 Å². The fourth-order valence-electron chi connectivity index (χ4n) is 1.53. The van der Waals surface area contributed by atoms with Crippen molar-refractivity contribution in [1.29, 1.82) is 0 Å². The topological polar surface area (TPSA) is 35.5 Å². The number of benzene rings is 1. The van der Waals surface area contributed by atoms with E-state index in [9.17, 15) is 4.79 Å². The van der Waals surface area contributed by atoms with Gasteiger partial charge in [-0.2, -0.15) is 0 Å². The van der Waals surface area contributed by atoms with Gasteiger partial charge in [-0.3, -0.25) is 0 Å². The molecule has 1 rings (SSSR count). The largest absolute Gasteiger partial charge is 0.463 e. The summed E-state index contributed by atoms with van der Waals surface area (Å²) in [6.45, 7) is 5.65. The number of ether oxygens (including phenoxy) is 2. The van der Waals surface area contributed by atoms with Crippen LogP contribution in [-0.4, -0.2) is 13.1 Å². The van der Waals surface area contributed by atoms with Gasteiger partial charge in [0, 0.05) is 0 Å². The van der Waals surface area contributed by atoms with Crippen molar-refractivity contribution in [2.24, 2.45) is 0 Å². The number of hydrogen-bond donors (Lipinski definition) is 0. The number of para-hydroxylation sites is 1. The lowest BCUT2D eigenvalue weighted by Crippen LogP contribution is -2.13. The first-order valence-electron chi connectivity index (χ1n) is 5.87. The van der Waals surface area contributed by atoms with Crippen LogP contribution in [0.25, 0.3) is 0 Å². The second kappa shape index (κ2) is 7.33. The lowest BCUT2D eigenvalue weighted by molar-refractivity contribution is -0.138. The van der Waals surface area contributed by atoms with Gasteiger partial charge in [0.05, 0.1) is 7.11 Å². The molecule has 0 aliphatic rings. The molecule has 3 heteroatoms. The van der Waals surface area contributed by atoms with Gasteiger partial charge in [-0.25, -0.2) is 4.79 Å². The van der Waals surface area contributed by atoms with Gasteiger partial charge >= 0.3 is 5.97 Å². The minimum atomic E-state index is -0.461. The number of hydrogen-bond acceptors (Lipinski definition) is 3. The van der Waals surface area contributed by atoms with Crippen LogP contribution >= 0.6 is 0 Å².